The topological polar surface area (TPSA) is 64.3 Å². The Labute approximate surface area is 114 Å². The summed E-state index contributed by atoms with van der Waals surface area (Å²) >= 11 is 0. The molecule has 3 N–H and O–H groups in total. The Morgan fingerprint density at radius 2 is 1.95 bits per heavy atom. The molecule has 0 unspecified atom stereocenters. The molecule has 0 heterocycles. The number of ether oxygens (including phenoxy) is 1. The molecule has 1 amide bonds. The summed E-state index contributed by atoms with van der Waals surface area (Å²) in [6.45, 7) is 0. The highest BCUT2D eigenvalue weighted by Crippen LogP contribution is 2.22. The van der Waals surface area contributed by atoms with Crippen LogP contribution in [0.5, 0.6) is 5.75 Å². The van der Waals surface area contributed by atoms with Crippen LogP contribution in [0.4, 0.5) is 20.2 Å². The maximum Gasteiger partial charge on any atom is 0.257 e. The van der Waals surface area contributed by atoms with Gasteiger partial charge in [0.15, 0.2) is 11.6 Å². The minimum Gasteiger partial charge on any atom is -0.494 e. The zero-order valence-corrected chi connectivity index (χ0v) is 10.6. The average Bonchev–Trinajstić information content (AvgIpc) is 2.38. The number of nitrogens with two attached hydrogens (primary N) is 1. The Morgan fingerprint density at radius 3 is 2.55 bits per heavy atom. The third kappa shape index (κ3) is 2.85. The summed E-state index contributed by atoms with van der Waals surface area (Å²) in [6.07, 6.45) is 0. The number of amides is 1. The van der Waals surface area contributed by atoms with Gasteiger partial charge in [0.1, 0.15) is 5.82 Å². The lowest BCUT2D eigenvalue weighted by Gasteiger charge is -2.09. The fourth-order valence-electron chi connectivity index (χ4n) is 1.68. The third-order valence-electron chi connectivity index (χ3n) is 2.67. The van der Waals surface area contributed by atoms with E-state index in [2.05, 4.69) is 5.32 Å². The zero-order valence-electron chi connectivity index (χ0n) is 10.6. The van der Waals surface area contributed by atoms with Gasteiger partial charge in [-0.3, -0.25) is 4.79 Å². The van der Waals surface area contributed by atoms with Gasteiger partial charge in [-0.05, 0) is 30.3 Å². The molecular weight excluding hydrogens is 266 g/mol. The predicted molar refractivity (Wildman–Crippen MR) is 71.7 cm³/mol. The molecule has 0 saturated heterocycles. The molecule has 0 saturated carbocycles. The van der Waals surface area contributed by atoms with Gasteiger partial charge in [-0.25, -0.2) is 8.78 Å². The second-order valence-corrected chi connectivity index (χ2v) is 4.04. The number of carbonyl (C=O) groups is 1. The zero-order chi connectivity index (χ0) is 14.7. The van der Waals surface area contributed by atoms with Gasteiger partial charge >= 0.3 is 0 Å². The Kier molecular flexibility index (Phi) is 3.84. The van der Waals surface area contributed by atoms with Crippen LogP contribution in [-0.2, 0) is 0 Å². The Hall–Kier alpha value is -2.63. The van der Waals surface area contributed by atoms with Crippen molar-refractivity contribution in [1.82, 2.24) is 0 Å². The van der Waals surface area contributed by atoms with Gasteiger partial charge in [0.25, 0.3) is 5.91 Å². The van der Waals surface area contributed by atoms with Crippen LogP contribution in [0.25, 0.3) is 0 Å². The normalized spacial score (nSPS) is 10.2. The van der Waals surface area contributed by atoms with E-state index >= 15 is 0 Å². The molecule has 0 aromatic heterocycles. The lowest BCUT2D eigenvalue weighted by molar-refractivity contribution is 0.102. The SMILES string of the molecule is COc1ccc(NC(=O)c2ccc(F)cc2N)cc1F. The molecule has 0 fully saturated rings. The molecule has 0 radical (unpaired) electrons. The number of hydrogen-bond donors (Lipinski definition) is 2. The molecular formula is C14H12F2N2O2. The van der Waals surface area contributed by atoms with Gasteiger partial charge in [-0.1, -0.05) is 0 Å². The molecule has 2 aromatic carbocycles. The van der Waals surface area contributed by atoms with Crippen molar-refractivity contribution in [3.8, 4) is 5.75 Å². The quantitative estimate of drug-likeness (QED) is 0.848. The molecule has 0 aliphatic rings. The number of hydrogen-bond acceptors (Lipinski definition) is 3. The molecule has 0 aliphatic carbocycles. The van der Waals surface area contributed by atoms with Gasteiger partial charge in [0.2, 0.25) is 0 Å². The van der Waals surface area contributed by atoms with Crippen LogP contribution in [0.15, 0.2) is 36.4 Å². The molecule has 104 valence electrons. The van der Waals surface area contributed by atoms with Crippen LogP contribution < -0.4 is 15.8 Å². The summed E-state index contributed by atoms with van der Waals surface area (Å²) in [5.41, 5.74) is 5.93. The van der Waals surface area contributed by atoms with Crippen LogP contribution in [0.2, 0.25) is 0 Å². The van der Waals surface area contributed by atoms with E-state index < -0.39 is 17.5 Å². The highest BCUT2D eigenvalue weighted by molar-refractivity contribution is 6.07. The number of benzene rings is 2. The third-order valence-corrected chi connectivity index (χ3v) is 2.67. The van der Waals surface area contributed by atoms with Gasteiger partial charge in [-0.2, -0.15) is 0 Å². The van der Waals surface area contributed by atoms with Crippen molar-refractivity contribution in [2.75, 3.05) is 18.2 Å². The smallest absolute Gasteiger partial charge is 0.257 e. The lowest BCUT2D eigenvalue weighted by atomic mass is 10.1. The van der Waals surface area contributed by atoms with E-state index in [9.17, 15) is 13.6 Å². The van der Waals surface area contributed by atoms with E-state index in [1.165, 1.54) is 25.3 Å². The van der Waals surface area contributed by atoms with Crippen LogP contribution >= 0.6 is 0 Å². The van der Waals surface area contributed by atoms with Crippen LogP contribution in [0.1, 0.15) is 10.4 Å². The van der Waals surface area contributed by atoms with E-state index in [4.69, 9.17) is 10.5 Å². The first-order valence-electron chi connectivity index (χ1n) is 5.71. The Morgan fingerprint density at radius 1 is 1.20 bits per heavy atom. The van der Waals surface area contributed by atoms with Crippen LogP contribution in [0, 0.1) is 11.6 Å². The molecule has 2 rings (SSSR count). The van der Waals surface area contributed by atoms with Crippen molar-refractivity contribution in [3.63, 3.8) is 0 Å². The maximum atomic E-state index is 13.5. The summed E-state index contributed by atoms with van der Waals surface area (Å²) in [5, 5.41) is 2.47. The van der Waals surface area contributed by atoms with Crippen LogP contribution in [-0.4, -0.2) is 13.0 Å². The van der Waals surface area contributed by atoms with Gasteiger partial charge in [0.05, 0.1) is 12.7 Å². The van der Waals surface area contributed by atoms with E-state index in [-0.39, 0.29) is 22.7 Å². The van der Waals surface area contributed by atoms with Crippen molar-refractivity contribution in [2.45, 2.75) is 0 Å². The second kappa shape index (κ2) is 5.56. The van der Waals surface area contributed by atoms with Crippen molar-refractivity contribution in [3.05, 3.63) is 53.6 Å². The summed E-state index contributed by atoms with van der Waals surface area (Å²) in [5.74, 6) is -1.61. The largest absolute Gasteiger partial charge is 0.494 e. The number of carbonyl (C=O) groups excluding carboxylic acids is 1. The number of rotatable bonds is 3. The standard InChI is InChI=1S/C14H12F2N2O2/c1-20-13-5-3-9(7-11(13)16)18-14(19)10-4-2-8(15)6-12(10)17/h2-7H,17H2,1H3,(H,18,19). The van der Waals surface area contributed by atoms with Gasteiger partial charge in [0, 0.05) is 17.4 Å². The summed E-state index contributed by atoms with van der Waals surface area (Å²) < 4.78 is 31.2. The molecule has 6 heteroatoms. The molecule has 0 atom stereocenters. The maximum absolute atomic E-state index is 13.5. The highest BCUT2D eigenvalue weighted by atomic mass is 19.1. The lowest BCUT2D eigenvalue weighted by Crippen LogP contribution is -2.14. The first-order chi connectivity index (χ1) is 9.51. The average molecular weight is 278 g/mol. The number of nitrogen functional groups attached to an aromatic ring is 1. The van der Waals surface area contributed by atoms with Gasteiger partial charge < -0.3 is 15.8 Å². The second-order valence-electron chi connectivity index (χ2n) is 4.04. The molecule has 2 aromatic rings. The fourth-order valence-corrected chi connectivity index (χ4v) is 1.68. The number of nitrogens with one attached hydrogen (secondary N) is 1. The number of anilines is 2. The summed E-state index contributed by atoms with van der Waals surface area (Å²) in [4.78, 5) is 11.9. The van der Waals surface area contributed by atoms with E-state index in [0.717, 1.165) is 18.2 Å². The van der Waals surface area contributed by atoms with Crippen molar-refractivity contribution in [2.24, 2.45) is 0 Å². The predicted octanol–water partition coefficient (Wildman–Crippen LogP) is 2.81. The monoisotopic (exact) mass is 278 g/mol. The summed E-state index contributed by atoms with van der Waals surface area (Å²) in [7, 11) is 1.34. The van der Waals surface area contributed by atoms with Crippen molar-refractivity contribution < 1.29 is 18.3 Å². The van der Waals surface area contributed by atoms with E-state index in [1.54, 1.807) is 0 Å². The van der Waals surface area contributed by atoms with Crippen molar-refractivity contribution in [1.29, 1.82) is 0 Å². The van der Waals surface area contributed by atoms with Gasteiger partial charge in [-0.15, -0.1) is 0 Å². The number of halogens is 2. The number of methoxy groups -OCH3 is 1. The molecule has 0 spiro atoms. The molecule has 4 nitrogen and oxygen atoms in total. The highest BCUT2D eigenvalue weighted by Gasteiger charge is 2.12. The Balaban J connectivity index is 2.21. The van der Waals surface area contributed by atoms with Crippen molar-refractivity contribution >= 4 is 17.3 Å². The molecule has 0 aliphatic heterocycles. The first kappa shape index (κ1) is 13.8. The van der Waals surface area contributed by atoms with E-state index in [0.29, 0.717) is 0 Å². The van der Waals surface area contributed by atoms with Crippen LogP contribution in [0.3, 0.4) is 0 Å². The summed E-state index contributed by atoms with van der Waals surface area (Å²) in [6, 6.07) is 7.43. The minimum absolute atomic E-state index is 0.0106. The first-order valence-corrected chi connectivity index (χ1v) is 5.71. The molecule has 0 bridgehead atoms. The minimum atomic E-state index is -0.600. The fraction of sp³-hybridized carbons (Fsp3) is 0.0714. The van der Waals surface area contributed by atoms with E-state index in [1.807, 2.05) is 0 Å². The molecule has 20 heavy (non-hydrogen) atoms. The Bertz CT molecular complexity index is 660.